The van der Waals surface area contributed by atoms with Crippen LogP contribution in [0.15, 0.2) is 61.2 Å². The number of rotatable bonds is 4. The van der Waals surface area contributed by atoms with E-state index in [4.69, 9.17) is 10.00 Å². The number of benzene rings is 1. The van der Waals surface area contributed by atoms with Crippen LogP contribution in [0.2, 0.25) is 0 Å². The van der Waals surface area contributed by atoms with Crippen LogP contribution in [-0.2, 0) is 0 Å². The number of piperidine rings is 1. The first-order valence-electron chi connectivity index (χ1n) is 11.8. The zero-order valence-corrected chi connectivity index (χ0v) is 20.2. The molecule has 0 saturated carbocycles. The Bertz CT molecular complexity index is 1260. The molecule has 1 fully saturated rings. The van der Waals surface area contributed by atoms with Gasteiger partial charge in [-0.3, -0.25) is 9.38 Å². The highest BCUT2D eigenvalue weighted by Gasteiger charge is 2.16. The maximum absolute atomic E-state index is 9.06. The van der Waals surface area contributed by atoms with Crippen molar-refractivity contribution in [2.45, 2.75) is 33.1 Å². The number of hydrogen-bond donors (Lipinski definition) is 0. The summed E-state index contributed by atoms with van der Waals surface area (Å²) in [6.07, 6.45) is 9.73. The van der Waals surface area contributed by atoms with Crippen LogP contribution in [0.3, 0.4) is 0 Å². The van der Waals surface area contributed by atoms with Crippen molar-refractivity contribution < 1.29 is 4.74 Å². The summed E-state index contributed by atoms with van der Waals surface area (Å²) in [5.41, 5.74) is 6.43. The third kappa shape index (κ3) is 5.11. The van der Waals surface area contributed by atoms with E-state index in [0.717, 1.165) is 39.3 Å². The third-order valence-corrected chi connectivity index (χ3v) is 6.29. The fourth-order valence-corrected chi connectivity index (χ4v) is 4.34. The third-order valence-electron chi connectivity index (χ3n) is 6.29. The van der Waals surface area contributed by atoms with E-state index in [0.29, 0.717) is 5.56 Å². The molecule has 3 aromatic heterocycles. The molecule has 174 valence electrons. The normalized spacial score (nSPS) is 13.7. The Balaban J connectivity index is 0.000000291. The number of methoxy groups -OCH3 is 1. The molecule has 4 heterocycles. The molecule has 0 unspecified atom stereocenters. The van der Waals surface area contributed by atoms with E-state index < -0.39 is 0 Å². The lowest BCUT2D eigenvalue weighted by Crippen LogP contribution is -2.29. The van der Waals surface area contributed by atoms with Crippen LogP contribution in [-0.4, -0.2) is 46.0 Å². The Morgan fingerprint density at radius 3 is 2.32 bits per heavy atom. The molecule has 1 aliphatic heterocycles. The van der Waals surface area contributed by atoms with Crippen LogP contribution >= 0.6 is 0 Å². The van der Waals surface area contributed by atoms with E-state index in [1.165, 1.54) is 38.9 Å². The van der Waals surface area contributed by atoms with Gasteiger partial charge < -0.3 is 9.64 Å². The lowest BCUT2D eigenvalue weighted by molar-refractivity contribution is 0.240. The van der Waals surface area contributed by atoms with Gasteiger partial charge in [0.25, 0.3) is 0 Å². The molecular formula is C28H31N5O. The molecule has 4 aromatic rings. The van der Waals surface area contributed by atoms with E-state index in [1.807, 2.05) is 53.9 Å². The second kappa shape index (κ2) is 11.0. The molecule has 1 aliphatic rings. The highest BCUT2D eigenvalue weighted by atomic mass is 16.5. The van der Waals surface area contributed by atoms with Gasteiger partial charge in [-0.05, 0) is 75.3 Å². The molecule has 0 amide bonds. The fourth-order valence-electron chi connectivity index (χ4n) is 4.34. The first-order chi connectivity index (χ1) is 16.6. The van der Waals surface area contributed by atoms with Crippen LogP contribution in [0.1, 0.15) is 37.4 Å². The lowest BCUT2D eigenvalue weighted by atomic mass is 9.98. The SMILES string of the molecule is CCN1CCCCC1.COc1cc(-c2ccc(C#N)cc2)c(-c2ccc(C)nc2)n2cncc12. The van der Waals surface area contributed by atoms with Crippen molar-refractivity contribution in [3.63, 3.8) is 0 Å². The monoisotopic (exact) mass is 453 g/mol. The smallest absolute Gasteiger partial charge is 0.145 e. The summed E-state index contributed by atoms with van der Waals surface area (Å²) in [7, 11) is 1.65. The summed E-state index contributed by atoms with van der Waals surface area (Å²) in [6.45, 7) is 8.14. The van der Waals surface area contributed by atoms with Gasteiger partial charge in [0.05, 0.1) is 37.0 Å². The average molecular weight is 454 g/mol. The van der Waals surface area contributed by atoms with Gasteiger partial charge in [-0.1, -0.05) is 25.5 Å². The fraction of sp³-hybridized carbons (Fsp3) is 0.321. The first-order valence-corrected chi connectivity index (χ1v) is 11.8. The van der Waals surface area contributed by atoms with Gasteiger partial charge >= 0.3 is 0 Å². The standard InChI is InChI=1S/C21H16N4O.C7H15N/c1-14-3-6-17(11-24-14)21-18(16-7-4-15(10-22)5-8-16)9-20(26-2)19-12-23-13-25(19)21;1-2-8-6-4-3-5-7-8/h3-9,11-13H,1-2H3;2-7H2,1H3. The van der Waals surface area contributed by atoms with Crippen LogP contribution < -0.4 is 4.74 Å². The Kier molecular flexibility index (Phi) is 7.56. The summed E-state index contributed by atoms with van der Waals surface area (Å²) in [6, 6.07) is 15.7. The number of likely N-dealkylation sites (tertiary alicyclic amines) is 1. The van der Waals surface area contributed by atoms with Gasteiger partial charge in [0.1, 0.15) is 11.3 Å². The molecule has 1 saturated heterocycles. The Morgan fingerprint density at radius 1 is 1.00 bits per heavy atom. The van der Waals surface area contributed by atoms with E-state index in [9.17, 15) is 0 Å². The summed E-state index contributed by atoms with van der Waals surface area (Å²) in [5, 5.41) is 9.06. The quantitative estimate of drug-likeness (QED) is 0.394. The Morgan fingerprint density at radius 2 is 1.74 bits per heavy atom. The number of nitrogens with zero attached hydrogens (tertiary/aromatic N) is 5. The van der Waals surface area contributed by atoms with Crippen molar-refractivity contribution in [2.24, 2.45) is 0 Å². The maximum atomic E-state index is 9.06. The van der Waals surface area contributed by atoms with Crippen LogP contribution in [0.4, 0.5) is 0 Å². The molecule has 6 heteroatoms. The van der Waals surface area contributed by atoms with Crippen molar-refractivity contribution in [3.8, 4) is 34.2 Å². The van der Waals surface area contributed by atoms with E-state index >= 15 is 0 Å². The number of aryl methyl sites for hydroxylation is 1. The number of nitriles is 1. The number of fused-ring (bicyclic) bond motifs is 1. The topological polar surface area (TPSA) is 66.5 Å². The molecule has 0 radical (unpaired) electrons. The van der Waals surface area contributed by atoms with Crippen molar-refractivity contribution in [2.75, 3.05) is 26.7 Å². The van der Waals surface area contributed by atoms with Crippen LogP contribution in [0.25, 0.3) is 27.9 Å². The van der Waals surface area contributed by atoms with Crippen molar-refractivity contribution in [3.05, 3.63) is 72.4 Å². The minimum atomic E-state index is 0.628. The number of imidazole rings is 1. The molecule has 34 heavy (non-hydrogen) atoms. The number of ether oxygens (including phenoxy) is 1. The summed E-state index contributed by atoms with van der Waals surface area (Å²) in [4.78, 5) is 11.3. The zero-order chi connectivity index (χ0) is 23.9. The van der Waals surface area contributed by atoms with Gasteiger partial charge in [0, 0.05) is 23.0 Å². The Labute approximate surface area is 201 Å². The summed E-state index contributed by atoms with van der Waals surface area (Å²) >= 11 is 0. The van der Waals surface area contributed by atoms with Crippen LogP contribution in [0, 0.1) is 18.3 Å². The second-order valence-corrected chi connectivity index (χ2v) is 8.50. The van der Waals surface area contributed by atoms with Crippen molar-refractivity contribution >= 4 is 5.52 Å². The zero-order valence-electron chi connectivity index (χ0n) is 20.2. The Hall–Kier alpha value is -3.69. The van der Waals surface area contributed by atoms with Crippen molar-refractivity contribution in [1.82, 2.24) is 19.3 Å². The lowest BCUT2D eigenvalue weighted by Gasteiger charge is -2.24. The maximum Gasteiger partial charge on any atom is 0.145 e. The van der Waals surface area contributed by atoms with Crippen LogP contribution in [0.5, 0.6) is 5.75 Å². The van der Waals surface area contributed by atoms with E-state index in [2.05, 4.69) is 33.9 Å². The summed E-state index contributed by atoms with van der Waals surface area (Å²) in [5.74, 6) is 0.741. The molecule has 0 bridgehead atoms. The second-order valence-electron chi connectivity index (χ2n) is 8.50. The molecule has 5 rings (SSSR count). The first kappa shape index (κ1) is 23.5. The van der Waals surface area contributed by atoms with E-state index in [1.54, 1.807) is 19.6 Å². The number of pyridine rings is 2. The predicted octanol–water partition coefficient (Wildman–Crippen LogP) is 5.74. The molecule has 0 N–H and O–H groups in total. The molecule has 0 atom stereocenters. The largest absolute Gasteiger partial charge is 0.494 e. The molecule has 6 nitrogen and oxygen atoms in total. The highest BCUT2D eigenvalue weighted by Crippen LogP contribution is 2.37. The molecule has 1 aromatic carbocycles. The minimum Gasteiger partial charge on any atom is -0.494 e. The van der Waals surface area contributed by atoms with Gasteiger partial charge in [0.15, 0.2) is 0 Å². The minimum absolute atomic E-state index is 0.628. The average Bonchev–Trinajstić information content (AvgIpc) is 3.39. The molecule has 0 aliphatic carbocycles. The number of aromatic nitrogens is 3. The van der Waals surface area contributed by atoms with Gasteiger partial charge in [-0.15, -0.1) is 0 Å². The van der Waals surface area contributed by atoms with Gasteiger partial charge in [0.2, 0.25) is 0 Å². The van der Waals surface area contributed by atoms with Gasteiger partial charge in [-0.25, -0.2) is 4.98 Å². The van der Waals surface area contributed by atoms with Gasteiger partial charge in [-0.2, -0.15) is 5.26 Å². The van der Waals surface area contributed by atoms with E-state index in [-0.39, 0.29) is 0 Å². The molecular weight excluding hydrogens is 422 g/mol. The molecule has 0 spiro atoms. The predicted molar refractivity (Wildman–Crippen MR) is 136 cm³/mol. The van der Waals surface area contributed by atoms with Crippen molar-refractivity contribution in [1.29, 1.82) is 5.26 Å². The highest BCUT2D eigenvalue weighted by molar-refractivity contribution is 5.86. The summed E-state index contributed by atoms with van der Waals surface area (Å²) < 4.78 is 7.59. The number of hydrogen-bond acceptors (Lipinski definition) is 5.